The largest absolute Gasteiger partial charge is 0.371 e. The molecule has 2 N–H and O–H groups in total. The zero-order valence-electron chi connectivity index (χ0n) is 12.2. The predicted octanol–water partition coefficient (Wildman–Crippen LogP) is 1.24. The van der Waals surface area contributed by atoms with Crippen LogP contribution in [0, 0.1) is 0 Å². The molecule has 0 amide bonds. The molecule has 1 heterocycles. The minimum atomic E-state index is -0.157. The molecule has 0 aliphatic heterocycles. The van der Waals surface area contributed by atoms with Crippen molar-refractivity contribution in [1.82, 2.24) is 20.8 Å². The molecule has 1 rings (SSSR count). The van der Waals surface area contributed by atoms with Crippen LogP contribution in [-0.4, -0.2) is 35.8 Å². The Morgan fingerprint density at radius 2 is 2.16 bits per heavy atom. The van der Waals surface area contributed by atoms with E-state index in [4.69, 9.17) is 9.26 Å². The van der Waals surface area contributed by atoms with Crippen LogP contribution in [-0.2, 0) is 11.3 Å². The molecule has 0 aromatic carbocycles. The molecule has 108 valence electrons. The molecule has 1 aromatic heterocycles. The summed E-state index contributed by atoms with van der Waals surface area (Å²) < 4.78 is 10.5. The zero-order valence-corrected chi connectivity index (χ0v) is 12.2. The number of ether oxygens (including phenoxy) is 1. The first-order valence-electron chi connectivity index (χ1n) is 6.48. The summed E-state index contributed by atoms with van der Waals surface area (Å²) in [4.78, 5) is 8.36. The van der Waals surface area contributed by atoms with Crippen molar-refractivity contribution in [2.45, 2.75) is 46.4 Å². The fraction of sp³-hybridized carbons (Fsp3) is 0.750. The van der Waals surface area contributed by atoms with Crippen molar-refractivity contribution >= 4 is 5.96 Å². The maximum absolute atomic E-state index is 5.40. The van der Waals surface area contributed by atoms with E-state index in [0.717, 1.165) is 0 Å². The molecule has 0 spiro atoms. The van der Waals surface area contributed by atoms with Gasteiger partial charge < -0.3 is 19.9 Å². The van der Waals surface area contributed by atoms with Crippen LogP contribution in [0.4, 0.5) is 0 Å². The van der Waals surface area contributed by atoms with E-state index >= 15 is 0 Å². The molecule has 1 unspecified atom stereocenters. The summed E-state index contributed by atoms with van der Waals surface area (Å²) in [6.45, 7) is 8.96. The molecule has 0 saturated heterocycles. The first-order valence-corrected chi connectivity index (χ1v) is 6.48. The van der Waals surface area contributed by atoms with Gasteiger partial charge in [0.2, 0.25) is 5.89 Å². The van der Waals surface area contributed by atoms with Crippen LogP contribution in [0.25, 0.3) is 0 Å². The number of rotatable bonds is 6. The normalized spacial score (nSPS) is 13.7. The number of nitrogens with one attached hydrogen (secondary N) is 2. The summed E-state index contributed by atoms with van der Waals surface area (Å²) in [5.41, 5.74) is 0. The van der Waals surface area contributed by atoms with Gasteiger partial charge in [0.1, 0.15) is 6.10 Å². The summed E-state index contributed by atoms with van der Waals surface area (Å²) >= 11 is 0. The van der Waals surface area contributed by atoms with Gasteiger partial charge in [-0.15, -0.1) is 0 Å². The molecule has 0 aliphatic rings. The quantitative estimate of drug-likeness (QED) is 0.597. The van der Waals surface area contributed by atoms with Gasteiger partial charge in [0.15, 0.2) is 11.8 Å². The Kier molecular flexibility index (Phi) is 6.27. The van der Waals surface area contributed by atoms with E-state index in [1.807, 2.05) is 27.7 Å². The van der Waals surface area contributed by atoms with Crippen molar-refractivity contribution in [2.24, 2.45) is 4.99 Å². The summed E-state index contributed by atoms with van der Waals surface area (Å²) in [6, 6.07) is 0.308. The fourth-order valence-electron chi connectivity index (χ4n) is 1.46. The van der Waals surface area contributed by atoms with Gasteiger partial charge in [-0.2, -0.15) is 4.98 Å². The Morgan fingerprint density at radius 3 is 2.74 bits per heavy atom. The summed E-state index contributed by atoms with van der Waals surface area (Å²) in [7, 11) is 1.72. The third-order valence-electron chi connectivity index (χ3n) is 2.32. The maximum Gasteiger partial charge on any atom is 0.246 e. The lowest BCUT2D eigenvalue weighted by molar-refractivity contribution is 0.0683. The Hall–Kier alpha value is -1.63. The van der Waals surface area contributed by atoms with Crippen LogP contribution in [0.2, 0.25) is 0 Å². The van der Waals surface area contributed by atoms with Crippen molar-refractivity contribution in [1.29, 1.82) is 0 Å². The van der Waals surface area contributed by atoms with Gasteiger partial charge in [0, 0.05) is 19.7 Å². The molecule has 19 heavy (non-hydrogen) atoms. The van der Waals surface area contributed by atoms with E-state index in [2.05, 4.69) is 25.8 Å². The van der Waals surface area contributed by atoms with Crippen LogP contribution >= 0.6 is 0 Å². The minimum Gasteiger partial charge on any atom is -0.371 e. The fourth-order valence-corrected chi connectivity index (χ4v) is 1.46. The standard InChI is InChI=1S/C12H23N5O2/c1-6-18-9(4)11-16-10(19-17-11)7-14-12(13-5)15-8(2)3/h8-9H,6-7H2,1-5H3,(H2,13,14,15). The third-order valence-corrected chi connectivity index (χ3v) is 2.32. The van der Waals surface area contributed by atoms with Crippen LogP contribution in [0.15, 0.2) is 9.52 Å². The Morgan fingerprint density at radius 1 is 1.42 bits per heavy atom. The highest BCUT2D eigenvalue weighted by Gasteiger charge is 2.13. The second-order valence-electron chi connectivity index (χ2n) is 4.37. The first kappa shape index (κ1) is 15.4. The van der Waals surface area contributed by atoms with Crippen molar-refractivity contribution < 1.29 is 9.26 Å². The van der Waals surface area contributed by atoms with Crippen LogP contribution < -0.4 is 10.6 Å². The Bertz CT molecular complexity index is 403. The second kappa shape index (κ2) is 7.73. The van der Waals surface area contributed by atoms with Crippen LogP contribution in [0.5, 0.6) is 0 Å². The molecule has 0 bridgehead atoms. The lowest BCUT2D eigenvalue weighted by Gasteiger charge is -2.12. The Balaban J connectivity index is 2.49. The Labute approximate surface area is 113 Å². The van der Waals surface area contributed by atoms with Crippen LogP contribution in [0.3, 0.4) is 0 Å². The molecule has 1 atom stereocenters. The molecule has 0 radical (unpaired) electrons. The monoisotopic (exact) mass is 269 g/mol. The van der Waals surface area contributed by atoms with E-state index in [1.54, 1.807) is 7.05 Å². The molecule has 1 aromatic rings. The van der Waals surface area contributed by atoms with E-state index in [0.29, 0.717) is 36.9 Å². The zero-order chi connectivity index (χ0) is 14.3. The second-order valence-corrected chi connectivity index (χ2v) is 4.37. The van der Waals surface area contributed by atoms with Crippen molar-refractivity contribution in [2.75, 3.05) is 13.7 Å². The lowest BCUT2D eigenvalue weighted by atomic mass is 10.4. The SMILES string of the molecule is CCOC(C)c1noc(CNC(=NC)NC(C)C)n1. The molecule has 0 saturated carbocycles. The third kappa shape index (κ3) is 5.25. The van der Waals surface area contributed by atoms with Gasteiger partial charge in [0.25, 0.3) is 0 Å². The summed E-state index contributed by atoms with van der Waals surface area (Å²) in [5.74, 6) is 1.77. The molecular formula is C12H23N5O2. The van der Waals surface area contributed by atoms with Crippen LogP contribution in [0.1, 0.15) is 45.5 Å². The van der Waals surface area contributed by atoms with E-state index in [9.17, 15) is 0 Å². The number of hydrogen-bond acceptors (Lipinski definition) is 5. The molecule has 0 fully saturated rings. The molecular weight excluding hydrogens is 246 g/mol. The molecule has 7 nitrogen and oxygen atoms in total. The lowest BCUT2D eigenvalue weighted by Crippen LogP contribution is -2.40. The highest BCUT2D eigenvalue weighted by Crippen LogP contribution is 2.12. The van der Waals surface area contributed by atoms with Gasteiger partial charge in [-0.25, -0.2) is 0 Å². The number of guanidine groups is 1. The average Bonchev–Trinajstić information content (AvgIpc) is 2.83. The van der Waals surface area contributed by atoms with Crippen molar-refractivity contribution in [3.05, 3.63) is 11.7 Å². The number of nitrogens with zero attached hydrogens (tertiary/aromatic N) is 3. The smallest absolute Gasteiger partial charge is 0.246 e. The number of aromatic nitrogens is 2. The maximum atomic E-state index is 5.40. The molecule has 0 aliphatic carbocycles. The van der Waals surface area contributed by atoms with Crippen molar-refractivity contribution in [3.8, 4) is 0 Å². The van der Waals surface area contributed by atoms with E-state index < -0.39 is 0 Å². The van der Waals surface area contributed by atoms with Crippen molar-refractivity contribution in [3.63, 3.8) is 0 Å². The van der Waals surface area contributed by atoms with Gasteiger partial charge in [0.05, 0.1) is 6.54 Å². The predicted molar refractivity (Wildman–Crippen MR) is 72.8 cm³/mol. The van der Waals surface area contributed by atoms with E-state index in [-0.39, 0.29) is 6.10 Å². The van der Waals surface area contributed by atoms with E-state index in [1.165, 1.54) is 0 Å². The topological polar surface area (TPSA) is 84.6 Å². The number of hydrogen-bond donors (Lipinski definition) is 2. The van der Waals surface area contributed by atoms with Gasteiger partial charge in [-0.3, -0.25) is 4.99 Å². The summed E-state index contributed by atoms with van der Waals surface area (Å²) in [6.07, 6.45) is -0.157. The van der Waals surface area contributed by atoms with Gasteiger partial charge in [-0.05, 0) is 27.7 Å². The summed E-state index contributed by atoms with van der Waals surface area (Å²) in [5, 5.41) is 10.2. The average molecular weight is 269 g/mol. The highest BCUT2D eigenvalue weighted by molar-refractivity contribution is 5.79. The first-order chi connectivity index (χ1) is 9.06. The van der Waals surface area contributed by atoms with Gasteiger partial charge in [-0.1, -0.05) is 5.16 Å². The highest BCUT2D eigenvalue weighted by atomic mass is 16.5. The minimum absolute atomic E-state index is 0.157. The molecule has 7 heteroatoms. The number of aliphatic imine (C=N–C) groups is 1. The van der Waals surface area contributed by atoms with Gasteiger partial charge >= 0.3 is 0 Å².